The van der Waals surface area contributed by atoms with E-state index in [9.17, 15) is 9.59 Å². The van der Waals surface area contributed by atoms with Crippen LogP contribution in [0.4, 0.5) is 0 Å². The highest BCUT2D eigenvalue weighted by molar-refractivity contribution is 9.10. The van der Waals surface area contributed by atoms with E-state index in [2.05, 4.69) is 21.2 Å². The summed E-state index contributed by atoms with van der Waals surface area (Å²) >= 11 is 9.17. The van der Waals surface area contributed by atoms with Crippen LogP contribution in [0, 0.1) is 0 Å². The second-order valence-corrected chi connectivity index (χ2v) is 4.89. The number of nitrogens with one attached hydrogen (secondary N) is 1. The second-order valence-electron chi connectivity index (χ2n) is 3.57. The third-order valence-corrected chi connectivity index (χ3v) is 2.98. The highest BCUT2D eigenvalue weighted by Crippen LogP contribution is 2.20. The molecule has 1 atom stereocenters. The molecule has 1 aromatic rings. The van der Waals surface area contributed by atoms with Crippen LogP contribution in [-0.4, -0.2) is 24.5 Å². The average molecular weight is 335 g/mol. The summed E-state index contributed by atoms with van der Waals surface area (Å²) in [6.07, 6.45) is 0. The minimum Gasteiger partial charge on any atom is -0.464 e. The molecule has 1 amide bonds. The third-order valence-electron chi connectivity index (χ3n) is 2.16. The van der Waals surface area contributed by atoms with Crippen molar-refractivity contribution < 1.29 is 14.3 Å². The van der Waals surface area contributed by atoms with Gasteiger partial charge in [-0.05, 0) is 32.0 Å². The molecule has 0 saturated carbocycles. The number of halogens is 2. The first-order valence-electron chi connectivity index (χ1n) is 5.38. The first-order valence-corrected chi connectivity index (χ1v) is 6.55. The Hall–Kier alpha value is -1.07. The standard InChI is InChI=1S/C12H13BrClNO3/c1-3-18-12(17)7(2)15-11(16)9-6-8(13)4-5-10(9)14/h4-7H,3H2,1-2H3,(H,15,16). The van der Waals surface area contributed by atoms with Crippen molar-refractivity contribution in [1.82, 2.24) is 5.32 Å². The zero-order valence-electron chi connectivity index (χ0n) is 10.00. The first kappa shape index (κ1) is 15.0. The molecule has 1 N–H and O–H groups in total. The Morgan fingerprint density at radius 1 is 1.50 bits per heavy atom. The van der Waals surface area contributed by atoms with E-state index < -0.39 is 17.9 Å². The van der Waals surface area contributed by atoms with Crippen LogP contribution >= 0.6 is 27.5 Å². The van der Waals surface area contributed by atoms with E-state index in [1.807, 2.05) is 0 Å². The van der Waals surface area contributed by atoms with Crippen LogP contribution in [0.15, 0.2) is 22.7 Å². The van der Waals surface area contributed by atoms with E-state index in [4.69, 9.17) is 16.3 Å². The van der Waals surface area contributed by atoms with Crippen molar-refractivity contribution in [3.05, 3.63) is 33.3 Å². The van der Waals surface area contributed by atoms with E-state index in [1.165, 1.54) is 0 Å². The number of rotatable bonds is 4. The summed E-state index contributed by atoms with van der Waals surface area (Å²) in [5.74, 6) is -0.890. The largest absolute Gasteiger partial charge is 0.464 e. The summed E-state index contributed by atoms with van der Waals surface area (Å²) in [5, 5.41) is 2.86. The van der Waals surface area contributed by atoms with Crippen molar-refractivity contribution in [3.8, 4) is 0 Å². The summed E-state index contributed by atoms with van der Waals surface area (Å²) in [6, 6.07) is 4.21. The molecule has 1 rings (SSSR count). The molecule has 0 heterocycles. The molecule has 0 aliphatic rings. The molecule has 0 radical (unpaired) electrons. The molecule has 0 aliphatic heterocycles. The van der Waals surface area contributed by atoms with Crippen LogP contribution in [0.1, 0.15) is 24.2 Å². The number of benzene rings is 1. The van der Waals surface area contributed by atoms with Gasteiger partial charge in [-0.25, -0.2) is 4.79 Å². The maximum Gasteiger partial charge on any atom is 0.328 e. The summed E-state index contributed by atoms with van der Waals surface area (Å²) in [6.45, 7) is 3.54. The van der Waals surface area contributed by atoms with Gasteiger partial charge in [0.25, 0.3) is 5.91 Å². The predicted octanol–water partition coefficient (Wildman–Crippen LogP) is 2.78. The number of amides is 1. The number of carbonyl (C=O) groups excluding carboxylic acids is 2. The van der Waals surface area contributed by atoms with Crippen LogP contribution in [-0.2, 0) is 9.53 Å². The van der Waals surface area contributed by atoms with Gasteiger partial charge in [-0.1, -0.05) is 27.5 Å². The lowest BCUT2D eigenvalue weighted by molar-refractivity contribution is -0.144. The number of carbonyl (C=O) groups is 2. The van der Waals surface area contributed by atoms with Crippen molar-refractivity contribution in [2.75, 3.05) is 6.61 Å². The molecule has 0 saturated heterocycles. The van der Waals surface area contributed by atoms with Crippen LogP contribution < -0.4 is 5.32 Å². The van der Waals surface area contributed by atoms with Crippen LogP contribution in [0.2, 0.25) is 5.02 Å². The van der Waals surface area contributed by atoms with Gasteiger partial charge in [0.1, 0.15) is 6.04 Å². The van der Waals surface area contributed by atoms with E-state index in [0.717, 1.165) is 4.47 Å². The fourth-order valence-electron chi connectivity index (χ4n) is 1.27. The predicted molar refractivity (Wildman–Crippen MR) is 72.7 cm³/mol. The molecule has 0 aromatic heterocycles. The Kier molecular flexibility index (Phi) is 5.62. The summed E-state index contributed by atoms with van der Waals surface area (Å²) in [4.78, 5) is 23.3. The normalized spacial score (nSPS) is 11.8. The molecule has 0 aliphatic carbocycles. The van der Waals surface area contributed by atoms with Gasteiger partial charge < -0.3 is 10.1 Å². The SMILES string of the molecule is CCOC(=O)C(C)NC(=O)c1cc(Br)ccc1Cl. The van der Waals surface area contributed by atoms with Gasteiger partial charge in [0.05, 0.1) is 17.2 Å². The fraction of sp³-hybridized carbons (Fsp3) is 0.333. The highest BCUT2D eigenvalue weighted by Gasteiger charge is 2.19. The fourth-order valence-corrected chi connectivity index (χ4v) is 1.84. The van der Waals surface area contributed by atoms with Crippen LogP contribution in [0.3, 0.4) is 0 Å². The molecule has 1 aromatic carbocycles. The van der Waals surface area contributed by atoms with Gasteiger partial charge in [-0.3, -0.25) is 4.79 Å². The van der Waals surface area contributed by atoms with Gasteiger partial charge in [0, 0.05) is 4.47 Å². The van der Waals surface area contributed by atoms with Crippen molar-refractivity contribution in [3.63, 3.8) is 0 Å². The zero-order chi connectivity index (χ0) is 13.7. The zero-order valence-corrected chi connectivity index (χ0v) is 12.3. The number of hydrogen-bond acceptors (Lipinski definition) is 3. The number of hydrogen-bond donors (Lipinski definition) is 1. The Morgan fingerprint density at radius 2 is 2.17 bits per heavy atom. The minimum atomic E-state index is -0.715. The number of esters is 1. The van der Waals surface area contributed by atoms with E-state index in [-0.39, 0.29) is 6.61 Å². The number of ether oxygens (including phenoxy) is 1. The molecule has 6 heteroatoms. The Balaban J connectivity index is 2.76. The van der Waals surface area contributed by atoms with Gasteiger partial charge in [0.2, 0.25) is 0 Å². The molecule has 18 heavy (non-hydrogen) atoms. The van der Waals surface area contributed by atoms with E-state index in [1.54, 1.807) is 32.0 Å². The van der Waals surface area contributed by atoms with Crippen molar-refractivity contribution >= 4 is 39.4 Å². The molecule has 98 valence electrons. The van der Waals surface area contributed by atoms with Gasteiger partial charge in [0.15, 0.2) is 0 Å². The van der Waals surface area contributed by atoms with Gasteiger partial charge >= 0.3 is 5.97 Å². The summed E-state index contributed by atoms with van der Waals surface area (Å²) in [5.41, 5.74) is 0.308. The highest BCUT2D eigenvalue weighted by atomic mass is 79.9. The summed E-state index contributed by atoms with van der Waals surface area (Å²) in [7, 11) is 0. The van der Waals surface area contributed by atoms with Crippen molar-refractivity contribution in [2.45, 2.75) is 19.9 Å². The van der Waals surface area contributed by atoms with Crippen LogP contribution in [0.5, 0.6) is 0 Å². The monoisotopic (exact) mass is 333 g/mol. The molecule has 0 spiro atoms. The van der Waals surface area contributed by atoms with Crippen molar-refractivity contribution in [1.29, 1.82) is 0 Å². The van der Waals surface area contributed by atoms with E-state index >= 15 is 0 Å². The molecular weight excluding hydrogens is 321 g/mol. The van der Waals surface area contributed by atoms with Crippen LogP contribution in [0.25, 0.3) is 0 Å². The second kappa shape index (κ2) is 6.75. The molecule has 0 bridgehead atoms. The Morgan fingerprint density at radius 3 is 2.78 bits per heavy atom. The summed E-state index contributed by atoms with van der Waals surface area (Å²) < 4.78 is 5.54. The Labute approximate surface area is 119 Å². The molecule has 0 fully saturated rings. The quantitative estimate of drug-likeness (QED) is 0.862. The molecule has 4 nitrogen and oxygen atoms in total. The van der Waals surface area contributed by atoms with Crippen molar-refractivity contribution in [2.24, 2.45) is 0 Å². The lowest BCUT2D eigenvalue weighted by atomic mass is 10.2. The molecular formula is C12H13BrClNO3. The first-order chi connectivity index (χ1) is 8.45. The van der Waals surface area contributed by atoms with Gasteiger partial charge in [-0.2, -0.15) is 0 Å². The third kappa shape index (κ3) is 3.99. The lowest BCUT2D eigenvalue weighted by Crippen LogP contribution is -2.39. The van der Waals surface area contributed by atoms with E-state index in [0.29, 0.717) is 10.6 Å². The maximum absolute atomic E-state index is 11.9. The van der Waals surface area contributed by atoms with Gasteiger partial charge in [-0.15, -0.1) is 0 Å². The smallest absolute Gasteiger partial charge is 0.328 e. The molecule has 1 unspecified atom stereocenters. The minimum absolute atomic E-state index is 0.274. The maximum atomic E-state index is 11.9. The Bertz CT molecular complexity index is 465. The average Bonchev–Trinajstić information content (AvgIpc) is 2.32. The topological polar surface area (TPSA) is 55.4 Å². The lowest BCUT2D eigenvalue weighted by Gasteiger charge is -2.13.